The summed E-state index contributed by atoms with van der Waals surface area (Å²) < 4.78 is 36.4. The van der Waals surface area contributed by atoms with Crippen molar-refractivity contribution in [3.63, 3.8) is 0 Å². The number of fused-ring (bicyclic) bond motifs is 4. The van der Waals surface area contributed by atoms with Crippen LogP contribution in [0.25, 0.3) is 11.3 Å². The first-order valence-corrected chi connectivity index (χ1v) is 15.8. The molecule has 0 radical (unpaired) electrons. The van der Waals surface area contributed by atoms with Gasteiger partial charge in [-0.05, 0) is 99.7 Å². The minimum atomic E-state index is -3.91. The fourth-order valence-corrected chi connectivity index (χ4v) is 7.75. The zero-order valence-corrected chi connectivity index (χ0v) is 25.3. The van der Waals surface area contributed by atoms with Crippen molar-refractivity contribution >= 4 is 16.0 Å². The Morgan fingerprint density at radius 2 is 1.73 bits per heavy atom. The minimum Gasteiger partial charge on any atom is -0.477 e. The Bertz CT molecular complexity index is 1440. The van der Waals surface area contributed by atoms with E-state index in [0.717, 1.165) is 48.1 Å². The Hall–Kier alpha value is -2.97. The van der Waals surface area contributed by atoms with Gasteiger partial charge < -0.3 is 9.64 Å². The molecule has 2 unspecified atom stereocenters. The monoisotopic (exact) mass is 562 g/mol. The van der Waals surface area contributed by atoms with Crippen molar-refractivity contribution in [3.8, 4) is 17.1 Å². The summed E-state index contributed by atoms with van der Waals surface area (Å²) in [5, 5.41) is 0. The van der Waals surface area contributed by atoms with Gasteiger partial charge >= 0.3 is 0 Å². The van der Waals surface area contributed by atoms with Gasteiger partial charge in [0.25, 0.3) is 10.0 Å². The summed E-state index contributed by atoms with van der Waals surface area (Å²) >= 11 is 0. The van der Waals surface area contributed by atoms with Gasteiger partial charge in [0.2, 0.25) is 11.8 Å². The summed E-state index contributed by atoms with van der Waals surface area (Å²) in [7, 11) is 0.347. The molecular weight excluding hydrogens is 520 g/mol. The number of aryl methyl sites for hydroxylation is 2. The number of benzene rings is 2. The van der Waals surface area contributed by atoms with Gasteiger partial charge in [0, 0.05) is 24.1 Å². The Morgan fingerprint density at radius 1 is 1.02 bits per heavy atom. The van der Waals surface area contributed by atoms with Gasteiger partial charge in [0.1, 0.15) is 0 Å². The molecule has 2 atom stereocenters. The molecule has 1 aromatic heterocycles. The van der Waals surface area contributed by atoms with Crippen molar-refractivity contribution < 1.29 is 13.2 Å². The highest BCUT2D eigenvalue weighted by molar-refractivity contribution is 7.92. The standard InChI is InChI=1S/C32H42N4O3S/c1-20(2)13-26-19-39-29-17-28(30-21(3)9-7-10-22(30)4)33-32(34-29)35-40(37,38)27-12-8-11-24(16-27)31(26)25-14-23(15-25)18-36(5)6/h7-12,16-17,20,23,25-26,31H,13-15,18-19H2,1-6H3,(H,33,34,35). The summed E-state index contributed by atoms with van der Waals surface area (Å²) in [4.78, 5) is 11.7. The molecule has 3 aromatic rings. The van der Waals surface area contributed by atoms with Crippen LogP contribution in [0.3, 0.4) is 0 Å². The van der Waals surface area contributed by atoms with E-state index in [4.69, 9.17) is 4.74 Å². The Kier molecular flexibility index (Phi) is 8.20. The van der Waals surface area contributed by atoms with Gasteiger partial charge in [-0.3, -0.25) is 0 Å². The van der Waals surface area contributed by atoms with Crippen LogP contribution in [0.5, 0.6) is 5.88 Å². The average molecular weight is 563 g/mol. The second-order valence-corrected chi connectivity index (χ2v) is 14.1. The first-order valence-electron chi connectivity index (χ1n) is 14.4. The predicted molar refractivity (Wildman–Crippen MR) is 160 cm³/mol. The third-order valence-corrected chi connectivity index (χ3v) is 9.68. The smallest absolute Gasteiger partial charge is 0.264 e. The molecule has 1 saturated carbocycles. The molecule has 0 amide bonds. The van der Waals surface area contributed by atoms with Gasteiger partial charge in [-0.1, -0.05) is 44.2 Å². The fourth-order valence-electron chi connectivity index (χ4n) is 6.75. The van der Waals surface area contributed by atoms with Gasteiger partial charge in [-0.25, -0.2) is 18.1 Å². The molecule has 7 nitrogen and oxygen atoms in total. The second-order valence-electron chi connectivity index (χ2n) is 12.4. The van der Waals surface area contributed by atoms with E-state index in [2.05, 4.69) is 53.6 Å². The van der Waals surface area contributed by atoms with E-state index >= 15 is 0 Å². The van der Waals surface area contributed by atoms with E-state index in [1.807, 2.05) is 50.2 Å². The molecule has 0 saturated heterocycles. The number of hydrogen-bond donors (Lipinski definition) is 1. The summed E-state index contributed by atoms with van der Waals surface area (Å²) in [6.07, 6.45) is 3.26. The van der Waals surface area contributed by atoms with Crippen LogP contribution >= 0.6 is 0 Å². The van der Waals surface area contributed by atoms with E-state index in [-0.39, 0.29) is 22.7 Å². The average Bonchev–Trinajstić information content (AvgIpc) is 2.84. The van der Waals surface area contributed by atoms with Crippen molar-refractivity contribution in [2.45, 2.75) is 57.8 Å². The Labute approximate surface area is 239 Å². The van der Waals surface area contributed by atoms with Crippen molar-refractivity contribution in [1.29, 1.82) is 0 Å². The maximum absolute atomic E-state index is 13.6. The fraction of sp³-hybridized carbons (Fsp3) is 0.500. The van der Waals surface area contributed by atoms with Gasteiger partial charge in [-0.15, -0.1) is 0 Å². The minimum absolute atomic E-state index is 0.0172. The first-order chi connectivity index (χ1) is 19.0. The van der Waals surface area contributed by atoms with Crippen LogP contribution in [0.2, 0.25) is 0 Å². The Balaban J connectivity index is 1.60. The van der Waals surface area contributed by atoms with E-state index in [1.54, 1.807) is 6.07 Å². The molecule has 2 aliphatic rings. The highest BCUT2D eigenvalue weighted by atomic mass is 32.2. The number of nitrogens with one attached hydrogen (secondary N) is 1. The van der Waals surface area contributed by atoms with Crippen LogP contribution in [0.1, 0.15) is 55.7 Å². The molecular formula is C32H42N4O3S. The molecule has 214 valence electrons. The van der Waals surface area contributed by atoms with Crippen molar-refractivity contribution in [2.24, 2.45) is 23.7 Å². The largest absolute Gasteiger partial charge is 0.477 e. The number of aromatic nitrogens is 2. The van der Waals surface area contributed by atoms with Gasteiger partial charge in [0.05, 0.1) is 17.2 Å². The maximum Gasteiger partial charge on any atom is 0.264 e. The molecule has 4 bridgehead atoms. The van der Waals surface area contributed by atoms with E-state index < -0.39 is 10.0 Å². The number of anilines is 1. The van der Waals surface area contributed by atoms with Crippen LogP contribution < -0.4 is 9.46 Å². The quantitative estimate of drug-likeness (QED) is 0.380. The maximum atomic E-state index is 13.6. The van der Waals surface area contributed by atoms with Crippen molar-refractivity contribution in [2.75, 3.05) is 32.0 Å². The van der Waals surface area contributed by atoms with Crippen molar-refractivity contribution in [1.82, 2.24) is 14.9 Å². The highest BCUT2D eigenvalue weighted by Crippen LogP contribution is 2.49. The summed E-state index contributed by atoms with van der Waals surface area (Å²) in [6.45, 7) is 10.1. The van der Waals surface area contributed by atoms with E-state index in [0.29, 0.717) is 35.9 Å². The molecule has 1 N–H and O–H groups in total. The molecule has 2 aromatic carbocycles. The topological polar surface area (TPSA) is 84.4 Å². The van der Waals surface area contributed by atoms with E-state index in [9.17, 15) is 8.42 Å². The van der Waals surface area contributed by atoms with E-state index in [1.165, 1.54) is 0 Å². The normalized spacial score (nSPS) is 23.9. The summed E-state index contributed by atoms with van der Waals surface area (Å²) in [6, 6.07) is 15.4. The second kappa shape index (κ2) is 11.5. The van der Waals surface area contributed by atoms with Crippen LogP contribution in [0, 0.1) is 37.5 Å². The number of nitrogens with zero attached hydrogens (tertiary/aromatic N) is 3. The third-order valence-electron chi connectivity index (χ3n) is 8.35. The molecule has 1 fully saturated rings. The number of ether oxygens (including phenoxy) is 1. The molecule has 2 heterocycles. The van der Waals surface area contributed by atoms with Crippen LogP contribution in [0.15, 0.2) is 53.4 Å². The lowest BCUT2D eigenvalue weighted by atomic mass is 9.62. The summed E-state index contributed by atoms with van der Waals surface area (Å²) in [5.74, 6) is 2.45. The van der Waals surface area contributed by atoms with Gasteiger partial charge in [0.15, 0.2) is 0 Å². The Morgan fingerprint density at radius 3 is 2.40 bits per heavy atom. The zero-order chi connectivity index (χ0) is 28.6. The SMILES string of the molecule is Cc1cccc(C)c1-c1cc2nc(n1)NS(=O)(=O)c1cccc(c1)C(C1CC(CN(C)C)C1)C(CC(C)C)CO2. The van der Waals surface area contributed by atoms with Crippen LogP contribution in [0.4, 0.5) is 5.95 Å². The van der Waals surface area contributed by atoms with Crippen LogP contribution in [-0.2, 0) is 10.0 Å². The summed E-state index contributed by atoms with van der Waals surface area (Å²) in [5.41, 5.74) is 4.80. The lowest BCUT2D eigenvalue weighted by molar-refractivity contribution is 0.0797. The lowest BCUT2D eigenvalue weighted by Crippen LogP contribution is -2.39. The van der Waals surface area contributed by atoms with Gasteiger partial charge in [-0.2, -0.15) is 4.98 Å². The molecule has 40 heavy (non-hydrogen) atoms. The zero-order valence-electron chi connectivity index (χ0n) is 24.5. The molecule has 1 aliphatic carbocycles. The lowest BCUT2D eigenvalue weighted by Gasteiger charge is -2.45. The van der Waals surface area contributed by atoms with Crippen molar-refractivity contribution in [3.05, 3.63) is 65.2 Å². The molecule has 5 rings (SSSR count). The third kappa shape index (κ3) is 6.18. The highest BCUT2D eigenvalue weighted by Gasteiger charge is 2.40. The molecule has 1 aliphatic heterocycles. The predicted octanol–water partition coefficient (Wildman–Crippen LogP) is 6.29. The number of hydrogen-bond acceptors (Lipinski definition) is 6. The number of rotatable bonds is 6. The number of sulfonamides is 1. The van der Waals surface area contributed by atoms with Crippen LogP contribution in [-0.4, -0.2) is 50.5 Å². The molecule has 8 heteroatoms. The first kappa shape index (κ1) is 28.6. The molecule has 0 spiro atoms.